The Morgan fingerprint density at radius 1 is 1.03 bits per heavy atom. The largest absolute Gasteiger partial charge is 0.488 e. The van der Waals surface area contributed by atoms with Crippen LogP contribution in [0.3, 0.4) is 0 Å². The number of halogens is 2. The average molecular weight is 487 g/mol. The van der Waals surface area contributed by atoms with Crippen molar-refractivity contribution < 1.29 is 19.0 Å². The predicted octanol–water partition coefficient (Wildman–Crippen LogP) is 7.07. The highest BCUT2D eigenvalue weighted by molar-refractivity contribution is 6.31. The van der Waals surface area contributed by atoms with Crippen molar-refractivity contribution in [2.45, 2.75) is 13.5 Å². The third-order valence-corrected chi connectivity index (χ3v) is 5.99. The Hall–Kier alpha value is -4.16. The van der Waals surface area contributed by atoms with E-state index in [-0.39, 0.29) is 18.1 Å². The lowest BCUT2D eigenvalue weighted by Gasteiger charge is -2.17. The summed E-state index contributed by atoms with van der Waals surface area (Å²) in [6.45, 7) is 2.16. The molecule has 5 rings (SSSR count). The van der Waals surface area contributed by atoms with Crippen molar-refractivity contribution in [3.8, 4) is 22.8 Å². The zero-order valence-corrected chi connectivity index (χ0v) is 19.5. The number of hydrogen-bond acceptors (Lipinski definition) is 3. The molecule has 5 aromatic rings. The molecule has 2 heterocycles. The Labute approximate surface area is 206 Å². The summed E-state index contributed by atoms with van der Waals surface area (Å²) in [5.41, 5.74) is 3.14. The molecule has 2 aromatic heterocycles. The van der Waals surface area contributed by atoms with Gasteiger partial charge in [0.25, 0.3) is 0 Å². The lowest BCUT2D eigenvalue weighted by molar-refractivity contribution is 0.0693. The smallest absolute Gasteiger partial charge is 0.355 e. The molecule has 0 radical (unpaired) electrons. The van der Waals surface area contributed by atoms with E-state index in [9.17, 15) is 14.3 Å². The first-order chi connectivity index (χ1) is 16.9. The fourth-order valence-corrected chi connectivity index (χ4v) is 4.26. The van der Waals surface area contributed by atoms with E-state index in [1.165, 1.54) is 12.1 Å². The molecule has 174 valence electrons. The molecule has 0 unspecified atom stereocenters. The normalized spacial score (nSPS) is 11.1. The highest BCUT2D eigenvalue weighted by Gasteiger charge is 2.19. The number of carboxylic acids is 1. The molecule has 0 aliphatic heterocycles. The van der Waals surface area contributed by atoms with Crippen LogP contribution >= 0.6 is 11.6 Å². The van der Waals surface area contributed by atoms with E-state index in [1.54, 1.807) is 42.5 Å². The molecule has 0 spiro atoms. The quantitative estimate of drug-likeness (QED) is 0.279. The van der Waals surface area contributed by atoms with Crippen LogP contribution in [0.25, 0.3) is 27.8 Å². The van der Waals surface area contributed by atoms with E-state index >= 15 is 0 Å². The van der Waals surface area contributed by atoms with Gasteiger partial charge in [0, 0.05) is 21.7 Å². The summed E-state index contributed by atoms with van der Waals surface area (Å²) in [6.07, 6.45) is 0. The number of aromatic nitrogens is 2. The monoisotopic (exact) mass is 486 g/mol. The van der Waals surface area contributed by atoms with Crippen LogP contribution in [-0.4, -0.2) is 20.6 Å². The van der Waals surface area contributed by atoms with Crippen LogP contribution in [0.15, 0.2) is 84.9 Å². The van der Waals surface area contributed by atoms with Crippen molar-refractivity contribution in [3.63, 3.8) is 0 Å². The summed E-state index contributed by atoms with van der Waals surface area (Å²) in [7, 11) is 0. The van der Waals surface area contributed by atoms with Gasteiger partial charge in [-0.15, -0.1) is 0 Å². The van der Waals surface area contributed by atoms with Gasteiger partial charge in [0.05, 0.1) is 5.69 Å². The maximum absolute atomic E-state index is 13.3. The molecule has 3 aromatic carbocycles. The van der Waals surface area contributed by atoms with Gasteiger partial charge in [-0.2, -0.15) is 0 Å². The number of nitrogens with zero attached hydrogens (tertiary/aromatic N) is 2. The van der Waals surface area contributed by atoms with E-state index in [0.29, 0.717) is 22.0 Å². The van der Waals surface area contributed by atoms with Crippen molar-refractivity contribution in [3.05, 3.63) is 113 Å². The highest BCUT2D eigenvalue weighted by Crippen LogP contribution is 2.36. The van der Waals surface area contributed by atoms with Crippen molar-refractivity contribution >= 4 is 28.3 Å². The van der Waals surface area contributed by atoms with Gasteiger partial charge in [-0.25, -0.2) is 14.2 Å². The summed E-state index contributed by atoms with van der Waals surface area (Å²) in [4.78, 5) is 16.5. The minimum atomic E-state index is -1.10. The molecule has 0 saturated carbocycles. The molecule has 0 atom stereocenters. The first-order valence-corrected chi connectivity index (χ1v) is 11.3. The highest BCUT2D eigenvalue weighted by atomic mass is 35.5. The van der Waals surface area contributed by atoms with Crippen molar-refractivity contribution in [1.29, 1.82) is 0 Å². The fourth-order valence-electron chi connectivity index (χ4n) is 4.09. The first-order valence-electron chi connectivity index (χ1n) is 10.9. The van der Waals surface area contributed by atoms with Gasteiger partial charge in [0.2, 0.25) is 0 Å². The van der Waals surface area contributed by atoms with Gasteiger partial charge in [-0.1, -0.05) is 48.0 Å². The second-order valence-corrected chi connectivity index (χ2v) is 8.54. The number of ether oxygens (including phenoxy) is 1. The molecule has 1 N–H and O–H groups in total. The number of carboxylic acid groups (broad SMARTS) is 1. The number of carbonyl (C=O) groups is 1. The Morgan fingerprint density at radius 2 is 1.80 bits per heavy atom. The summed E-state index contributed by atoms with van der Waals surface area (Å²) in [5, 5.41) is 11.7. The number of fused-ring (bicyclic) bond motifs is 1. The predicted molar refractivity (Wildman–Crippen MR) is 134 cm³/mol. The molecule has 0 aliphatic rings. The molecule has 0 fully saturated rings. The van der Waals surface area contributed by atoms with Gasteiger partial charge in [-0.3, -0.25) is 4.57 Å². The molecule has 0 saturated heterocycles. The molecular weight excluding hydrogens is 467 g/mol. The van der Waals surface area contributed by atoms with Crippen molar-refractivity contribution in [1.82, 2.24) is 9.55 Å². The number of aromatic carboxylic acids is 1. The second-order valence-electron chi connectivity index (χ2n) is 8.11. The molecule has 0 bridgehead atoms. The van der Waals surface area contributed by atoms with E-state index in [4.69, 9.17) is 16.3 Å². The number of benzene rings is 3. The summed E-state index contributed by atoms with van der Waals surface area (Å²) < 4.78 is 21.2. The third-order valence-electron chi connectivity index (χ3n) is 5.76. The van der Waals surface area contributed by atoms with Crippen LogP contribution in [0.1, 0.15) is 21.7 Å². The van der Waals surface area contributed by atoms with Gasteiger partial charge in [0.15, 0.2) is 5.69 Å². The SMILES string of the molecule is Cc1ccc(-c2cc(Cl)ccc2OCc2ccc(F)cc2)n1-c1cc2ccccc2c(C(=O)O)n1. The maximum Gasteiger partial charge on any atom is 0.355 e. The van der Waals surface area contributed by atoms with Crippen LogP contribution in [-0.2, 0) is 6.61 Å². The molecule has 5 nitrogen and oxygen atoms in total. The molecule has 7 heteroatoms. The van der Waals surface area contributed by atoms with E-state index in [1.807, 2.05) is 41.8 Å². The fraction of sp³-hybridized carbons (Fsp3) is 0.0714. The zero-order valence-electron chi connectivity index (χ0n) is 18.7. The number of aryl methyl sites for hydroxylation is 1. The molecule has 0 aliphatic carbocycles. The van der Waals surface area contributed by atoms with E-state index < -0.39 is 5.97 Å². The van der Waals surface area contributed by atoms with Crippen LogP contribution in [0, 0.1) is 12.7 Å². The van der Waals surface area contributed by atoms with Crippen LogP contribution in [0.2, 0.25) is 5.02 Å². The van der Waals surface area contributed by atoms with Crippen LogP contribution < -0.4 is 4.74 Å². The van der Waals surface area contributed by atoms with Gasteiger partial charge in [0.1, 0.15) is 24.0 Å². The molecule has 0 amide bonds. The van der Waals surface area contributed by atoms with E-state index in [0.717, 1.165) is 27.9 Å². The number of pyridine rings is 1. The average Bonchev–Trinajstić information content (AvgIpc) is 3.24. The Balaban J connectivity index is 1.62. The topological polar surface area (TPSA) is 64.3 Å². The van der Waals surface area contributed by atoms with Gasteiger partial charge >= 0.3 is 5.97 Å². The standard InChI is InChI=1S/C28H20ClFN2O3/c1-17-6-12-24(32(17)26-14-19-4-2-3-5-22(19)27(31-26)28(33)34)23-15-20(29)9-13-25(23)35-16-18-7-10-21(30)11-8-18/h2-15H,16H2,1H3,(H,33,34). The minimum Gasteiger partial charge on any atom is -0.488 e. The van der Waals surface area contributed by atoms with Crippen molar-refractivity contribution in [2.24, 2.45) is 0 Å². The first kappa shape index (κ1) is 22.6. The van der Waals surface area contributed by atoms with Crippen LogP contribution in [0.4, 0.5) is 4.39 Å². The Morgan fingerprint density at radius 3 is 2.57 bits per heavy atom. The summed E-state index contributed by atoms with van der Waals surface area (Å²) in [5.74, 6) is -0.348. The minimum absolute atomic E-state index is 0.0176. The summed E-state index contributed by atoms with van der Waals surface area (Å²) >= 11 is 6.35. The molecule has 35 heavy (non-hydrogen) atoms. The maximum atomic E-state index is 13.3. The van der Waals surface area contributed by atoms with Crippen molar-refractivity contribution in [2.75, 3.05) is 0 Å². The lowest BCUT2D eigenvalue weighted by Crippen LogP contribution is -2.08. The number of hydrogen-bond donors (Lipinski definition) is 1. The van der Waals surface area contributed by atoms with E-state index in [2.05, 4.69) is 4.98 Å². The van der Waals surface area contributed by atoms with Crippen LogP contribution in [0.5, 0.6) is 5.75 Å². The third kappa shape index (κ3) is 4.48. The van der Waals surface area contributed by atoms with Gasteiger partial charge in [-0.05, 0) is 66.4 Å². The molecular formula is C28H20ClFN2O3. The Kier molecular flexibility index (Phi) is 5.97. The second kappa shape index (κ2) is 9.24. The lowest BCUT2D eigenvalue weighted by atomic mass is 10.1. The summed E-state index contributed by atoms with van der Waals surface area (Å²) in [6, 6.07) is 24.4. The Bertz CT molecular complexity index is 1560. The zero-order chi connectivity index (χ0) is 24.5. The van der Waals surface area contributed by atoms with Gasteiger partial charge < -0.3 is 9.84 Å². The number of rotatable bonds is 6.